The third-order valence-corrected chi connectivity index (χ3v) is 3.95. The maximum Gasteiger partial charge on any atom is 0.315 e. The number of nitrogens with zero attached hydrogens (tertiary/aromatic N) is 1. The van der Waals surface area contributed by atoms with Crippen LogP contribution in [0.2, 0.25) is 0 Å². The number of urea groups is 1. The summed E-state index contributed by atoms with van der Waals surface area (Å²) in [4.78, 5) is 25.6. The molecule has 1 aromatic rings. The molecule has 0 radical (unpaired) electrons. The highest BCUT2D eigenvalue weighted by Gasteiger charge is 2.22. The second kappa shape index (κ2) is 8.47. The number of likely N-dealkylation sites (tertiary alicyclic amines) is 1. The average Bonchev–Trinajstić information content (AvgIpc) is 2.59. The van der Waals surface area contributed by atoms with Crippen molar-refractivity contribution in [2.24, 2.45) is 0 Å². The molecule has 1 fully saturated rings. The zero-order valence-electron chi connectivity index (χ0n) is 13.3. The van der Waals surface area contributed by atoms with E-state index in [9.17, 15) is 14.0 Å². The molecule has 126 valence electrons. The van der Waals surface area contributed by atoms with Gasteiger partial charge in [0.15, 0.2) is 0 Å². The van der Waals surface area contributed by atoms with Crippen molar-refractivity contribution >= 4 is 11.9 Å². The monoisotopic (exact) mass is 322 g/mol. The Morgan fingerprint density at radius 2 is 2.00 bits per heavy atom. The van der Waals surface area contributed by atoms with Gasteiger partial charge < -0.3 is 20.9 Å². The lowest BCUT2D eigenvalue weighted by Gasteiger charge is -2.32. The van der Waals surface area contributed by atoms with E-state index in [1.54, 1.807) is 17.0 Å². The molecule has 1 aromatic carbocycles. The first-order valence-electron chi connectivity index (χ1n) is 7.79. The van der Waals surface area contributed by atoms with Gasteiger partial charge in [-0.1, -0.05) is 12.1 Å². The number of hydrogen-bond acceptors (Lipinski definition) is 3. The minimum absolute atomic E-state index is 0.0221. The van der Waals surface area contributed by atoms with Crippen molar-refractivity contribution in [2.75, 3.05) is 26.7 Å². The van der Waals surface area contributed by atoms with Crippen molar-refractivity contribution in [3.05, 3.63) is 35.6 Å². The molecule has 1 saturated heterocycles. The molecule has 3 amide bonds. The molecule has 1 heterocycles. The molecule has 2 rings (SSSR count). The summed E-state index contributed by atoms with van der Waals surface area (Å²) in [5.74, 6) is -0.396. The quantitative estimate of drug-likeness (QED) is 0.752. The predicted octanol–water partition coefficient (Wildman–Crippen LogP) is 0.835. The van der Waals surface area contributed by atoms with Gasteiger partial charge in [0.05, 0.1) is 6.54 Å². The van der Waals surface area contributed by atoms with E-state index in [0.29, 0.717) is 12.6 Å². The summed E-state index contributed by atoms with van der Waals surface area (Å²) >= 11 is 0. The van der Waals surface area contributed by atoms with Crippen LogP contribution in [0.15, 0.2) is 24.3 Å². The van der Waals surface area contributed by atoms with Crippen LogP contribution in [0, 0.1) is 5.82 Å². The first-order chi connectivity index (χ1) is 11.1. The van der Waals surface area contributed by atoms with Gasteiger partial charge in [-0.15, -0.1) is 0 Å². The van der Waals surface area contributed by atoms with E-state index < -0.39 is 6.03 Å². The number of carbonyl (C=O) groups is 2. The van der Waals surface area contributed by atoms with Gasteiger partial charge in [0.2, 0.25) is 5.91 Å². The number of halogens is 1. The summed E-state index contributed by atoms with van der Waals surface area (Å²) in [7, 11) is 1.89. The standard InChI is InChI=1S/C16H23FN4O2/c1-18-14-3-2-8-21(11-14)15(22)10-20-16(23)19-9-12-4-6-13(17)7-5-12/h4-7,14,18H,2-3,8-11H2,1H3,(H2,19,20,23). The van der Waals surface area contributed by atoms with E-state index in [0.717, 1.165) is 24.9 Å². The number of carbonyl (C=O) groups excluding carboxylic acids is 2. The van der Waals surface area contributed by atoms with E-state index in [-0.39, 0.29) is 24.8 Å². The second-order valence-electron chi connectivity index (χ2n) is 5.63. The molecule has 0 bridgehead atoms. The second-order valence-corrected chi connectivity index (χ2v) is 5.63. The minimum Gasteiger partial charge on any atom is -0.340 e. The lowest BCUT2D eigenvalue weighted by atomic mass is 10.1. The van der Waals surface area contributed by atoms with Crippen LogP contribution in [0.5, 0.6) is 0 Å². The Morgan fingerprint density at radius 1 is 1.26 bits per heavy atom. The summed E-state index contributed by atoms with van der Waals surface area (Å²) in [5.41, 5.74) is 0.792. The predicted molar refractivity (Wildman–Crippen MR) is 85.3 cm³/mol. The number of likely N-dealkylation sites (N-methyl/N-ethyl adjacent to an activating group) is 1. The van der Waals surface area contributed by atoms with Gasteiger partial charge in [-0.25, -0.2) is 9.18 Å². The summed E-state index contributed by atoms with van der Waals surface area (Å²) in [6.45, 7) is 1.67. The Bertz CT molecular complexity index is 535. The average molecular weight is 322 g/mol. The van der Waals surface area contributed by atoms with E-state index in [1.807, 2.05) is 7.05 Å². The fraction of sp³-hybridized carbons (Fsp3) is 0.500. The molecular weight excluding hydrogens is 299 g/mol. The number of amides is 3. The van der Waals surface area contributed by atoms with Crippen molar-refractivity contribution in [1.29, 1.82) is 0 Å². The van der Waals surface area contributed by atoms with Gasteiger partial charge >= 0.3 is 6.03 Å². The van der Waals surface area contributed by atoms with E-state index in [2.05, 4.69) is 16.0 Å². The normalized spacial score (nSPS) is 17.7. The van der Waals surface area contributed by atoms with Crippen LogP contribution in [-0.2, 0) is 11.3 Å². The molecule has 6 nitrogen and oxygen atoms in total. The van der Waals surface area contributed by atoms with Crippen molar-refractivity contribution in [3.63, 3.8) is 0 Å². The fourth-order valence-corrected chi connectivity index (χ4v) is 2.55. The first kappa shape index (κ1) is 17.2. The van der Waals surface area contributed by atoms with Crippen molar-refractivity contribution < 1.29 is 14.0 Å². The third-order valence-electron chi connectivity index (χ3n) is 3.95. The van der Waals surface area contributed by atoms with Crippen LogP contribution in [0.25, 0.3) is 0 Å². The minimum atomic E-state index is -0.412. The Labute approximate surface area is 135 Å². The number of hydrogen-bond donors (Lipinski definition) is 3. The lowest BCUT2D eigenvalue weighted by molar-refractivity contribution is -0.131. The maximum absolute atomic E-state index is 12.8. The summed E-state index contributed by atoms with van der Waals surface area (Å²) < 4.78 is 12.8. The maximum atomic E-state index is 12.8. The van der Waals surface area contributed by atoms with Crippen LogP contribution < -0.4 is 16.0 Å². The van der Waals surface area contributed by atoms with Gasteiger partial charge in [-0.2, -0.15) is 0 Å². The van der Waals surface area contributed by atoms with Crippen LogP contribution >= 0.6 is 0 Å². The third kappa shape index (κ3) is 5.52. The van der Waals surface area contributed by atoms with E-state index in [1.165, 1.54) is 12.1 Å². The fourth-order valence-electron chi connectivity index (χ4n) is 2.55. The molecule has 1 aliphatic heterocycles. The molecule has 0 saturated carbocycles. The van der Waals surface area contributed by atoms with Crippen LogP contribution in [0.4, 0.5) is 9.18 Å². The molecule has 1 atom stereocenters. The Morgan fingerprint density at radius 3 is 2.70 bits per heavy atom. The molecule has 3 N–H and O–H groups in total. The molecule has 1 unspecified atom stereocenters. The molecule has 7 heteroatoms. The number of rotatable bonds is 5. The molecular formula is C16H23FN4O2. The van der Waals surface area contributed by atoms with Crippen LogP contribution in [0.3, 0.4) is 0 Å². The highest BCUT2D eigenvalue weighted by atomic mass is 19.1. The molecule has 0 aromatic heterocycles. The summed E-state index contributed by atoms with van der Waals surface area (Å²) in [6.07, 6.45) is 2.03. The Balaban J connectivity index is 1.69. The van der Waals surface area contributed by atoms with Crippen molar-refractivity contribution in [3.8, 4) is 0 Å². The van der Waals surface area contributed by atoms with Gasteiger partial charge in [0.1, 0.15) is 5.82 Å². The zero-order chi connectivity index (χ0) is 16.7. The van der Waals surface area contributed by atoms with E-state index in [4.69, 9.17) is 0 Å². The number of piperidine rings is 1. The molecule has 0 spiro atoms. The van der Waals surface area contributed by atoms with Crippen molar-refractivity contribution in [1.82, 2.24) is 20.9 Å². The number of benzene rings is 1. The van der Waals surface area contributed by atoms with Gasteiger partial charge in [0.25, 0.3) is 0 Å². The molecule has 1 aliphatic rings. The highest BCUT2D eigenvalue weighted by molar-refractivity contribution is 5.84. The summed E-state index contributed by atoms with van der Waals surface area (Å²) in [6, 6.07) is 5.79. The SMILES string of the molecule is CNC1CCCN(C(=O)CNC(=O)NCc2ccc(F)cc2)C1. The first-order valence-corrected chi connectivity index (χ1v) is 7.79. The lowest BCUT2D eigenvalue weighted by Crippen LogP contribution is -2.50. The highest BCUT2D eigenvalue weighted by Crippen LogP contribution is 2.09. The van der Waals surface area contributed by atoms with Crippen LogP contribution in [-0.4, -0.2) is 49.6 Å². The zero-order valence-corrected chi connectivity index (χ0v) is 13.3. The van der Waals surface area contributed by atoms with Crippen molar-refractivity contribution in [2.45, 2.75) is 25.4 Å². The van der Waals surface area contributed by atoms with Gasteiger partial charge in [0, 0.05) is 25.7 Å². The van der Waals surface area contributed by atoms with E-state index >= 15 is 0 Å². The Kier molecular flexibility index (Phi) is 6.34. The molecule has 0 aliphatic carbocycles. The van der Waals surface area contributed by atoms with Gasteiger partial charge in [-0.05, 0) is 37.6 Å². The Hall–Kier alpha value is -2.15. The van der Waals surface area contributed by atoms with Gasteiger partial charge in [-0.3, -0.25) is 4.79 Å². The number of nitrogens with one attached hydrogen (secondary N) is 3. The smallest absolute Gasteiger partial charge is 0.315 e. The van der Waals surface area contributed by atoms with Crippen LogP contribution in [0.1, 0.15) is 18.4 Å². The summed E-state index contributed by atoms with van der Waals surface area (Å²) in [5, 5.41) is 8.38. The largest absolute Gasteiger partial charge is 0.340 e. The molecule has 23 heavy (non-hydrogen) atoms. The topological polar surface area (TPSA) is 73.5 Å².